The maximum Gasteiger partial charge on any atom is 0.136 e. The third kappa shape index (κ3) is 2.99. The second-order valence-electron chi connectivity index (χ2n) is 6.87. The molecule has 1 aromatic heterocycles. The Morgan fingerprint density at radius 3 is 2.33 bits per heavy atom. The molecule has 116 valence electrons. The molecule has 2 aliphatic carbocycles. The zero-order chi connectivity index (χ0) is 15.0. The normalized spacial score (nSPS) is 28.7. The molecule has 21 heavy (non-hydrogen) atoms. The van der Waals surface area contributed by atoms with Gasteiger partial charge in [-0.05, 0) is 51.4 Å². The molecule has 0 aliphatic heterocycles. The molecular weight excluding hydrogens is 260 g/mol. The van der Waals surface area contributed by atoms with E-state index in [2.05, 4.69) is 38.3 Å². The van der Waals surface area contributed by atoms with Crippen molar-refractivity contribution in [2.75, 3.05) is 17.2 Å². The lowest BCUT2D eigenvalue weighted by molar-refractivity contribution is 0.435. The van der Waals surface area contributed by atoms with E-state index in [9.17, 15) is 0 Å². The molecule has 4 heteroatoms. The van der Waals surface area contributed by atoms with Gasteiger partial charge < -0.3 is 10.6 Å². The number of aromatic nitrogens is 2. The van der Waals surface area contributed by atoms with E-state index in [1.165, 1.54) is 25.7 Å². The number of nitrogens with zero attached hydrogens (tertiary/aromatic N) is 2. The molecule has 3 unspecified atom stereocenters. The molecule has 2 fully saturated rings. The molecule has 2 N–H and O–H groups in total. The molecule has 1 heterocycles. The number of rotatable bonds is 5. The third-order valence-electron chi connectivity index (χ3n) is 5.24. The monoisotopic (exact) mass is 288 g/mol. The summed E-state index contributed by atoms with van der Waals surface area (Å²) >= 11 is 0. The Morgan fingerprint density at radius 2 is 1.76 bits per heavy atom. The van der Waals surface area contributed by atoms with Gasteiger partial charge in [0.1, 0.15) is 17.5 Å². The van der Waals surface area contributed by atoms with Crippen LogP contribution in [0.3, 0.4) is 0 Å². The lowest BCUT2D eigenvalue weighted by Gasteiger charge is -2.22. The minimum Gasteiger partial charge on any atom is -0.370 e. The van der Waals surface area contributed by atoms with Crippen LogP contribution in [0.1, 0.15) is 63.8 Å². The highest BCUT2D eigenvalue weighted by atomic mass is 15.1. The van der Waals surface area contributed by atoms with Crippen molar-refractivity contribution >= 4 is 11.6 Å². The fourth-order valence-electron chi connectivity index (χ4n) is 3.28. The first-order valence-corrected chi connectivity index (χ1v) is 8.49. The van der Waals surface area contributed by atoms with E-state index in [-0.39, 0.29) is 0 Å². The Kier molecular flexibility index (Phi) is 4.05. The summed E-state index contributed by atoms with van der Waals surface area (Å²) in [5.41, 5.74) is 1.16. The highest BCUT2D eigenvalue weighted by molar-refractivity contribution is 5.58. The van der Waals surface area contributed by atoms with Crippen LogP contribution in [-0.4, -0.2) is 22.6 Å². The molecule has 1 aromatic rings. The van der Waals surface area contributed by atoms with Crippen molar-refractivity contribution in [1.82, 2.24) is 9.97 Å². The summed E-state index contributed by atoms with van der Waals surface area (Å²) in [5.74, 6) is 5.19. The zero-order valence-corrected chi connectivity index (χ0v) is 13.7. The summed E-state index contributed by atoms with van der Waals surface area (Å²) in [6, 6.07) is 0.551. The lowest BCUT2D eigenvalue weighted by atomic mass is 9.98. The highest BCUT2D eigenvalue weighted by Crippen LogP contribution is 2.40. The van der Waals surface area contributed by atoms with Crippen LogP contribution in [0.15, 0.2) is 0 Å². The first kappa shape index (κ1) is 14.6. The average molecular weight is 288 g/mol. The van der Waals surface area contributed by atoms with Crippen molar-refractivity contribution in [1.29, 1.82) is 0 Å². The number of hydrogen-bond donors (Lipinski definition) is 2. The van der Waals surface area contributed by atoms with Gasteiger partial charge in [0.2, 0.25) is 0 Å². The van der Waals surface area contributed by atoms with E-state index in [0.717, 1.165) is 35.5 Å². The number of hydrogen-bond acceptors (Lipinski definition) is 4. The van der Waals surface area contributed by atoms with Crippen LogP contribution in [0, 0.1) is 18.8 Å². The molecule has 2 saturated carbocycles. The average Bonchev–Trinajstić information content (AvgIpc) is 3.26. The largest absolute Gasteiger partial charge is 0.370 e. The summed E-state index contributed by atoms with van der Waals surface area (Å²) in [5, 5.41) is 7.11. The van der Waals surface area contributed by atoms with E-state index in [4.69, 9.17) is 9.97 Å². The lowest BCUT2D eigenvalue weighted by Crippen LogP contribution is -2.25. The highest BCUT2D eigenvalue weighted by Gasteiger charge is 2.32. The fraction of sp³-hybridized carbons (Fsp3) is 0.765. The third-order valence-corrected chi connectivity index (χ3v) is 5.24. The zero-order valence-electron chi connectivity index (χ0n) is 13.7. The standard InChI is InChI=1S/C17H28N4/c1-5-18-15-12(4)16(21-17(20-15)13-7-8-13)19-14-9-6-10(2)11(14)3/h10-11,13-14H,5-9H2,1-4H3,(H2,18,19,20,21). The van der Waals surface area contributed by atoms with E-state index in [0.29, 0.717) is 17.9 Å². The van der Waals surface area contributed by atoms with Crippen LogP contribution < -0.4 is 10.6 Å². The van der Waals surface area contributed by atoms with E-state index < -0.39 is 0 Å². The number of anilines is 2. The van der Waals surface area contributed by atoms with Gasteiger partial charge in [0.15, 0.2) is 0 Å². The second-order valence-corrected chi connectivity index (χ2v) is 6.87. The van der Waals surface area contributed by atoms with Gasteiger partial charge in [0, 0.05) is 24.1 Å². The first-order chi connectivity index (χ1) is 10.1. The van der Waals surface area contributed by atoms with E-state index in [1.54, 1.807) is 0 Å². The fourth-order valence-corrected chi connectivity index (χ4v) is 3.28. The van der Waals surface area contributed by atoms with E-state index >= 15 is 0 Å². The van der Waals surface area contributed by atoms with Crippen molar-refractivity contribution in [2.24, 2.45) is 11.8 Å². The summed E-state index contributed by atoms with van der Waals surface area (Å²) in [4.78, 5) is 9.57. The Labute approximate surface area is 128 Å². The first-order valence-electron chi connectivity index (χ1n) is 8.49. The molecule has 3 atom stereocenters. The van der Waals surface area contributed by atoms with Gasteiger partial charge in [-0.15, -0.1) is 0 Å². The molecule has 0 aromatic carbocycles. The van der Waals surface area contributed by atoms with Crippen LogP contribution in [0.5, 0.6) is 0 Å². The quantitative estimate of drug-likeness (QED) is 0.861. The minimum absolute atomic E-state index is 0.551. The Morgan fingerprint density at radius 1 is 1.05 bits per heavy atom. The Balaban J connectivity index is 1.85. The van der Waals surface area contributed by atoms with Gasteiger partial charge in [0.25, 0.3) is 0 Å². The molecule has 4 nitrogen and oxygen atoms in total. The van der Waals surface area contributed by atoms with Crippen LogP contribution in [0.25, 0.3) is 0 Å². The summed E-state index contributed by atoms with van der Waals surface area (Å²) < 4.78 is 0. The summed E-state index contributed by atoms with van der Waals surface area (Å²) in [6.07, 6.45) is 5.05. The SMILES string of the molecule is CCNc1nc(C2CC2)nc(NC2CCC(C)C2C)c1C. The van der Waals surface area contributed by atoms with Gasteiger partial charge >= 0.3 is 0 Å². The topological polar surface area (TPSA) is 49.8 Å². The summed E-state index contributed by atoms with van der Waals surface area (Å²) in [7, 11) is 0. The molecule has 3 rings (SSSR count). The van der Waals surface area contributed by atoms with Gasteiger partial charge in [-0.1, -0.05) is 13.8 Å². The predicted octanol–water partition coefficient (Wildman–Crippen LogP) is 3.94. The molecule has 2 aliphatic rings. The smallest absolute Gasteiger partial charge is 0.136 e. The minimum atomic E-state index is 0.551. The van der Waals surface area contributed by atoms with Crippen molar-refractivity contribution < 1.29 is 0 Å². The second kappa shape index (κ2) is 5.82. The van der Waals surface area contributed by atoms with Crippen molar-refractivity contribution in [3.05, 3.63) is 11.4 Å². The van der Waals surface area contributed by atoms with Gasteiger partial charge in [-0.3, -0.25) is 0 Å². The number of nitrogens with one attached hydrogen (secondary N) is 2. The Bertz CT molecular complexity index is 510. The summed E-state index contributed by atoms with van der Waals surface area (Å²) in [6.45, 7) is 9.86. The van der Waals surface area contributed by atoms with Crippen molar-refractivity contribution in [2.45, 2.75) is 65.3 Å². The molecule has 0 spiro atoms. The maximum absolute atomic E-state index is 4.84. The van der Waals surface area contributed by atoms with Gasteiger partial charge in [-0.2, -0.15) is 0 Å². The van der Waals surface area contributed by atoms with E-state index in [1.807, 2.05) is 0 Å². The van der Waals surface area contributed by atoms with Crippen molar-refractivity contribution in [3.8, 4) is 0 Å². The van der Waals surface area contributed by atoms with Crippen LogP contribution in [0.2, 0.25) is 0 Å². The molecule has 0 amide bonds. The molecule has 0 radical (unpaired) electrons. The molecule has 0 saturated heterocycles. The maximum atomic E-state index is 4.84. The predicted molar refractivity (Wildman–Crippen MR) is 87.9 cm³/mol. The van der Waals surface area contributed by atoms with Crippen LogP contribution in [0.4, 0.5) is 11.6 Å². The van der Waals surface area contributed by atoms with Gasteiger partial charge in [0.05, 0.1) is 0 Å². The molecular formula is C17H28N4. The van der Waals surface area contributed by atoms with Crippen molar-refractivity contribution in [3.63, 3.8) is 0 Å². The van der Waals surface area contributed by atoms with Crippen LogP contribution in [-0.2, 0) is 0 Å². The molecule has 0 bridgehead atoms. The van der Waals surface area contributed by atoms with Gasteiger partial charge in [-0.25, -0.2) is 9.97 Å². The van der Waals surface area contributed by atoms with Crippen LogP contribution >= 0.6 is 0 Å². The Hall–Kier alpha value is -1.32.